The van der Waals surface area contributed by atoms with Crippen LogP contribution in [0.3, 0.4) is 0 Å². The van der Waals surface area contributed by atoms with Gasteiger partial charge >= 0.3 is 0 Å². The van der Waals surface area contributed by atoms with Crippen LogP contribution in [-0.4, -0.2) is 52.1 Å². The van der Waals surface area contributed by atoms with Crippen LogP contribution in [0.25, 0.3) is 0 Å². The number of aryl methyl sites for hydroxylation is 1. The first-order valence-corrected chi connectivity index (χ1v) is 9.16. The summed E-state index contributed by atoms with van der Waals surface area (Å²) < 4.78 is 10.7. The van der Waals surface area contributed by atoms with Gasteiger partial charge in [0.1, 0.15) is 5.75 Å². The molecule has 4 rings (SSSR count). The zero-order valence-electron chi connectivity index (χ0n) is 15.6. The van der Waals surface area contributed by atoms with Gasteiger partial charge in [-0.25, -0.2) is 0 Å². The summed E-state index contributed by atoms with van der Waals surface area (Å²) in [6, 6.07) is 11.2. The van der Waals surface area contributed by atoms with Gasteiger partial charge in [0.2, 0.25) is 11.7 Å². The Bertz CT molecular complexity index is 936. The highest BCUT2D eigenvalue weighted by atomic mass is 16.5. The Morgan fingerprint density at radius 2 is 1.86 bits per heavy atom. The number of para-hydroxylation sites is 1. The number of carbonyl (C=O) groups is 1. The molecule has 1 aliphatic heterocycles. The molecule has 1 fully saturated rings. The highest BCUT2D eigenvalue weighted by molar-refractivity contribution is 5.97. The van der Waals surface area contributed by atoms with Crippen molar-refractivity contribution in [1.82, 2.24) is 20.0 Å². The predicted molar refractivity (Wildman–Crippen MR) is 102 cm³/mol. The van der Waals surface area contributed by atoms with E-state index < -0.39 is 0 Å². The fourth-order valence-electron chi connectivity index (χ4n) is 3.20. The van der Waals surface area contributed by atoms with Crippen molar-refractivity contribution < 1.29 is 14.1 Å². The number of amides is 1. The third-order valence-electron chi connectivity index (χ3n) is 4.64. The molecule has 8 heteroatoms. The minimum atomic E-state index is -0.0331. The minimum absolute atomic E-state index is 0.0331. The molecule has 1 amide bonds. The average molecular weight is 379 g/mol. The van der Waals surface area contributed by atoms with Gasteiger partial charge in [0, 0.05) is 51.2 Å². The van der Waals surface area contributed by atoms with E-state index in [-0.39, 0.29) is 12.5 Å². The highest BCUT2D eigenvalue weighted by Crippen LogP contribution is 2.22. The van der Waals surface area contributed by atoms with Gasteiger partial charge in [-0.15, -0.1) is 0 Å². The Kier molecular flexibility index (Phi) is 5.18. The number of carbonyl (C=O) groups excluding carboxylic acids is 1. The summed E-state index contributed by atoms with van der Waals surface area (Å²) in [6.45, 7) is 4.73. The minimum Gasteiger partial charge on any atom is -0.485 e. The zero-order valence-corrected chi connectivity index (χ0v) is 15.6. The highest BCUT2D eigenvalue weighted by Gasteiger charge is 2.24. The van der Waals surface area contributed by atoms with Crippen molar-refractivity contribution in [1.29, 1.82) is 0 Å². The van der Waals surface area contributed by atoms with Crippen molar-refractivity contribution >= 4 is 11.6 Å². The smallest absolute Gasteiger partial charge is 0.257 e. The molecular weight excluding hydrogens is 358 g/mol. The van der Waals surface area contributed by atoms with Crippen molar-refractivity contribution in [2.24, 2.45) is 0 Å². The molecule has 0 atom stereocenters. The Hall–Kier alpha value is -3.42. The first kappa shape index (κ1) is 18.0. The van der Waals surface area contributed by atoms with Crippen molar-refractivity contribution in [2.45, 2.75) is 13.5 Å². The van der Waals surface area contributed by atoms with E-state index in [1.165, 1.54) is 0 Å². The molecule has 0 unspecified atom stereocenters. The molecule has 8 nitrogen and oxygen atoms in total. The SMILES string of the molecule is Cc1nc(COc2ccccc2C(=O)N2CCN(c3ccncc3)CC2)no1. The van der Waals surface area contributed by atoms with Crippen molar-refractivity contribution in [2.75, 3.05) is 31.1 Å². The van der Waals surface area contributed by atoms with E-state index in [0.29, 0.717) is 36.1 Å². The molecule has 1 saturated heterocycles. The molecule has 1 aliphatic rings. The molecule has 0 N–H and O–H groups in total. The van der Waals surface area contributed by atoms with E-state index in [1.807, 2.05) is 29.2 Å². The molecule has 2 aromatic heterocycles. The fraction of sp³-hybridized carbons (Fsp3) is 0.300. The lowest BCUT2D eigenvalue weighted by Gasteiger charge is -2.36. The van der Waals surface area contributed by atoms with Gasteiger partial charge in [-0.2, -0.15) is 4.98 Å². The van der Waals surface area contributed by atoms with Crippen LogP contribution >= 0.6 is 0 Å². The van der Waals surface area contributed by atoms with Crippen LogP contribution in [0.4, 0.5) is 5.69 Å². The molecule has 0 spiro atoms. The van der Waals surface area contributed by atoms with Gasteiger partial charge in [0.05, 0.1) is 5.56 Å². The molecule has 1 aromatic carbocycles. The average Bonchev–Trinajstić information content (AvgIpc) is 3.18. The number of ether oxygens (including phenoxy) is 1. The Morgan fingerprint density at radius 1 is 1.11 bits per heavy atom. The van der Waals surface area contributed by atoms with Gasteiger partial charge < -0.3 is 19.1 Å². The molecule has 3 aromatic rings. The maximum atomic E-state index is 13.0. The van der Waals surface area contributed by atoms with Crippen LogP contribution < -0.4 is 9.64 Å². The number of pyridine rings is 1. The first-order chi connectivity index (χ1) is 13.7. The number of hydrogen-bond acceptors (Lipinski definition) is 7. The summed E-state index contributed by atoms with van der Waals surface area (Å²) in [7, 11) is 0. The number of hydrogen-bond donors (Lipinski definition) is 0. The quantitative estimate of drug-likeness (QED) is 0.672. The molecule has 28 heavy (non-hydrogen) atoms. The predicted octanol–water partition coefficient (Wildman–Crippen LogP) is 2.31. The monoisotopic (exact) mass is 379 g/mol. The Morgan fingerprint density at radius 3 is 2.57 bits per heavy atom. The van der Waals surface area contributed by atoms with E-state index in [4.69, 9.17) is 9.26 Å². The number of piperazine rings is 1. The summed E-state index contributed by atoms with van der Waals surface area (Å²) in [6.07, 6.45) is 3.57. The topological polar surface area (TPSA) is 84.6 Å². The summed E-state index contributed by atoms with van der Waals surface area (Å²) in [5.41, 5.74) is 1.67. The maximum absolute atomic E-state index is 13.0. The number of aromatic nitrogens is 3. The third-order valence-corrected chi connectivity index (χ3v) is 4.64. The summed E-state index contributed by atoms with van der Waals surface area (Å²) in [4.78, 5) is 25.3. The molecule has 0 bridgehead atoms. The van der Waals surface area contributed by atoms with E-state index in [9.17, 15) is 4.79 Å². The van der Waals surface area contributed by atoms with Crippen LogP contribution in [0.2, 0.25) is 0 Å². The van der Waals surface area contributed by atoms with Crippen LogP contribution in [0, 0.1) is 6.92 Å². The summed E-state index contributed by atoms with van der Waals surface area (Å²) in [5, 5.41) is 3.82. The number of anilines is 1. The lowest BCUT2D eigenvalue weighted by atomic mass is 10.1. The lowest BCUT2D eigenvalue weighted by Crippen LogP contribution is -2.48. The summed E-state index contributed by atoms with van der Waals surface area (Å²) in [5.74, 6) is 1.42. The molecule has 3 heterocycles. The van der Waals surface area contributed by atoms with E-state index in [2.05, 4.69) is 20.0 Å². The zero-order chi connectivity index (χ0) is 19.3. The summed E-state index contributed by atoms with van der Waals surface area (Å²) >= 11 is 0. The largest absolute Gasteiger partial charge is 0.485 e. The maximum Gasteiger partial charge on any atom is 0.257 e. The van der Waals surface area contributed by atoms with E-state index in [0.717, 1.165) is 18.8 Å². The molecule has 0 radical (unpaired) electrons. The van der Waals surface area contributed by atoms with Crippen LogP contribution in [0.1, 0.15) is 22.1 Å². The standard InChI is InChI=1S/C20H21N5O3/c1-15-22-19(23-28-15)14-27-18-5-3-2-4-17(18)20(26)25-12-10-24(11-13-25)16-6-8-21-9-7-16/h2-9H,10-14H2,1H3. The van der Waals surface area contributed by atoms with Gasteiger partial charge in [0.25, 0.3) is 5.91 Å². The Balaban J connectivity index is 1.41. The fourth-order valence-corrected chi connectivity index (χ4v) is 3.20. The van der Waals surface area contributed by atoms with Crippen molar-refractivity contribution in [3.63, 3.8) is 0 Å². The first-order valence-electron chi connectivity index (χ1n) is 9.16. The number of benzene rings is 1. The number of rotatable bonds is 5. The second-order valence-corrected chi connectivity index (χ2v) is 6.50. The van der Waals surface area contributed by atoms with E-state index >= 15 is 0 Å². The van der Waals surface area contributed by atoms with Crippen LogP contribution in [-0.2, 0) is 6.61 Å². The van der Waals surface area contributed by atoms with Gasteiger partial charge in [-0.3, -0.25) is 9.78 Å². The second-order valence-electron chi connectivity index (χ2n) is 6.50. The number of nitrogens with zero attached hydrogens (tertiary/aromatic N) is 5. The van der Waals surface area contributed by atoms with Gasteiger partial charge in [-0.05, 0) is 24.3 Å². The lowest BCUT2D eigenvalue weighted by molar-refractivity contribution is 0.0741. The van der Waals surface area contributed by atoms with Crippen LogP contribution in [0.15, 0.2) is 53.3 Å². The Labute approximate surface area is 162 Å². The molecular formula is C20H21N5O3. The van der Waals surface area contributed by atoms with E-state index in [1.54, 1.807) is 31.5 Å². The molecule has 144 valence electrons. The third kappa shape index (κ3) is 3.95. The normalized spacial score (nSPS) is 14.2. The van der Waals surface area contributed by atoms with Gasteiger partial charge in [-0.1, -0.05) is 17.3 Å². The van der Waals surface area contributed by atoms with Crippen LogP contribution in [0.5, 0.6) is 5.75 Å². The van der Waals surface area contributed by atoms with Crippen molar-refractivity contribution in [3.8, 4) is 5.75 Å². The molecule has 0 aliphatic carbocycles. The van der Waals surface area contributed by atoms with Gasteiger partial charge in [0.15, 0.2) is 6.61 Å². The second kappa shape index (κ2) is 8.08. The van der Waals surface area contributed by atoms with Crippen molar-refractivity contribution in [3.05, 3.63) is 66.1 Å². The molecule has 0 saturated carbocycles.